The van der Waals surface area contributed by atoms with Crippen LogP contribution < -0.4 is 14.5 Å². The van der Waals surface area contributed by atoms with E-state index < -0.39 is 11.6 Å². The number of aliphatic hydroxyl groups is 1. The van der Waals surface area contributed by atoms with E-state index in [4.69, 9.17) is 11.2 Å². The van der Waals surface area contributed by atoms with Gasteiger partial charge in [0.1, 0.15) is 17.4 Å². The third-order valence-electron chi connectivity index (χ3n) is 13.4. The van der Waals surface area contributed by atoms with Crippen molar-refractivity contribution in [3.05, 3.63) is 53.1 Å². The number of methoxy groups -OCH3 is 1. The van der Waals surface area contributed by atoms with Crippen LogP contribution >= 0.6 is 0 Å². The topological polar surface area (TPSA) is 76.6 Å². The van der Waals surface area contributed by atoms with Crippen LogP contribution in [0.3, 0.4) is 0 Å². The first-order valence-corrected chi connectivity index (χ1v) is 18.8. The average molecular weight is 667 g/mol. The lowest BCUT2D eigenvalue weighted by Crippen LogP contribution is -2.54. The number of amides is 2. The molecule has 0 bridgehead atoms. The number of rotatable bonds is 7. The van der Waals surface area contributed by atoms with Crippen LogP contribution in [0.2, 0.25) is 0 Å². The zero-order valence-corrected chi connectivity index (χ0v) is 29.9. The molecule has 0 unspecified atom stereocenters. The average Bonchev–Trinajstić information content (AvgIpc) is 3.74. The number of hydrogen-bond acceptors (Lipinski definition) is 6. The number of benzene rings is 2. The molecule has 1 N–H and O–H groups in total. The molecule has 2 aliphatic heterocycles. The fraction of sp³-hybridized carbons (Fsp3) is 0.610. The summed E-state index contributed by atoms with van der Waals surface area (Å²) in [6.45, 7) is 11.6. The van der Waals surface area contributed by atoms with Crippen LogP contribution in [0.5, 0.6) is 5.75 Å². The first-order chi connectivity index (χ1) is 23.7. The van der Waals surface area contributed by atoms with Crippen molar-refractivity contribution in [1.82, 2.24) is 9.80 Å². The molecular formula is C41H54N4O4. The van der Waals surface area contributed by atoms with Crippen LogP contribution in [0.25, 0.3) is 0 Å². The minimum absolute atomic E-state index is 0.0534. The predicted molar refractivity (Wildman–Crippen MR) is 194 cm³/mol. The van der Waals surface area contributed by atoms with E-state index in [0.717, 1.165) is 81.8 Å². The second-order valence-corrected chi connectivity index (χ2v) is 15.3. The molecule has 8 heteroatoms. The number of carbonyl (C=O) groups is 2. The number of terminal acetylenes is 1. The molecule has 0 spiro atoms. The van der Waals surface area contributed by atoms with Gasteiger partial charge >= 0.3 is 0 Å². The molecule has 0 radical (unpaired) electrons. The number of fused-ring (bicyclic) bond motifs is 5. The van der Waals surface area contributed by atoms with E-state index in [-0.39, 0.29) is 17.2 Å². The molecule has 2 saturated carbocycles. The molecule has 0 aromatic heterocycles. The summed E-state index contributed by atoms with van der Waals surface area (Å²) < 4.78 is 5.97. The molecule has 2 amide bonds. The maximum atomic E-state index is 13.9. The fourth-order valence-electron chi connectivity index (χ4n) is 10.5. The Labute approximate surface area is 292 Å². The van der Waals surface area contributed by atoms with Gasteiger partial charge in [-0.2, -0.15) is 0 Å². The van der Waals surface area contributed by atoms with E-state index in [1.165, 1.54) is 11.1 Å². The molecule has 2 heterocycles. The van der Waals surface area contributed by atoms with Crippen molar-refractivity contribution in [2.75, 3.05) is 62.7 Å². The van der Waals surface area contributed by atoms with Gasteiger partial charge in [0.25, 0.3) is 5.91 Å². The van der Waals surface area contributed by atoms with E-state index in [0.29, 0.717) is 55.8 Å². The Morgan fingerprint density at radius 2 is 1.73 bits per heavy atom. The van der Waals surface area contributed by atoms with Crippen LogP contribution in [0, 0.1) is 29.6 Å². The molecular weight excluding hydrogens is 612 g/mol. The van der Waals surface area contributed by atoms with Gasteiger partial charge in [-0.3, -0.25) is 9.59 Å². The summed E-state index contributed by atoms with van der Waals surface area (Å²) in [6, 6.07) is 12.1. The first-order valence-electron chi connectivity index (χ1n) is 18.8. The molecule has 5 aliphatic rings. The van der Waals surface area contributed by atoms with Gasteiger partial charge in [-0.25, -0.2) is 0 Å². The van der Waals surface area contributed by atoms with Crippen molar-refractivity contribution < 1.29 is 19.4 Å². The number of nitrogens with zero attached hydrogens (tertiary/aromatic N) is 4. The Morgan fingerprint density at radius 1 is 1.00 bits per heavy atom. The van der Waals surface area contributed by atoms with Gasteiger partial charge in [0.05, 0.1) is 12.8 Å². The van der Waals surface area contributed by atoms with Crippen LogP contribution in [-0.2, 0) is 11.2 Å². The number of hydrogen-bond donors (Lipinski definition) is 1. The summed E-state index contributed by atoms with van der Waals surface area (Å²) in [4.78, 5) is 35.9. The zero-order chi connectivity index (χ0) is 34.5. The molecule has 3 aliphatic carbocycles. The Kier molecular flexibility index (Phi) is 9.11. The number of piperazine rings is 1. The van der Waals surface area contributed by atoms with Gasteiger partial charge in [-0.15, -0.1) is 6.42 Å². The third kappa shape index (κ3) is 5.57. The minimum Gasteiger partial charge on any atom is -0.495 e. The van der Waals surface area contributed by atoms with E-state index in [1.54, 1.807) is 12.0 Å². The Bertz CT molecular complexity index is 1610. The second-order valence-electron chi connectivity index (χ2n) is 15.3. The van der Waals surface area contributed by atoms with Crippen LogP contribution in [0.1, 0.15) is 93.1 Å². The smallest absolute Gasteiger partial charge is 0.254 e. The molecule has 7 rings (SSSR count). The lowest BCUT2D eigenvalue weighted by molar-refractivity contribution is -0.135. The van der Waals surface area contributed by atoms with Crippen molar-refractivity contribution in [3.63, 3.8) is 0 Å². The van der Waals surface area contributed by atoms with Crippen molar-refractivity contribution >= 4 is 23.2 Å². The fourth-order valence-corrected chi connectivity index (χ4v) is 10.5. The molecule has 2 aromatic carbocycles. The Morgan fingerprint density at radius 3 is 2.41 bits per heavy atom. The number of anilines is 2. The van der Waals surface area contributed by atoms with Crippen molar-refractivity contribution in [1.29, 1.82) is 0 Å². The monoisotopic (exact) mass is 666 g/mol. The number of carbonyl (C=O) groups excluding carboxylic acids is 2. The van der Waals surface area contributed by atoms with Gasteiger partial charge in [-0.1, -0.05) is 12.8 Å². The quantitative estimate of drug-likeness (QED) is 0.382. The number of aryl methyl sites for hydroxylation is 1. The third-order valence-corrected chi connectivity index (χ3v) is 13.4. The molecule has 4 fully saturated rings. The van der Waals surface area contributed by atoms with Crippen LogP contribution in [0.15, 0.2) is 36.4 Å². The highest BCUT2D eigenvalue weighted by Crippen LogP contribution is 2.64. The van der Waals surface area contributed by atoms with Gasteiger partial charge in [0, 0.05) is 62.5 Å². The maximum absolute atomic E-state index is 13.9. The first kappa shape index (κ1) is 33.8. The Hall–Kier alpha value is -3.70. The summed E-state index contributed by atoms with van der Waals surface area (Å²) in [6.07, 6.45) is 13.3. The summed E-state index contributed by atoms with van der Waals surface area (Å²) in [7, 11) is 1.75. The summed E-state index contributed by atoms with van der Waals surface area (Å²) in [5.74, 6) is 5.15. The van der Waals surface area contributed by atoms with Crippen molar-refractivity contribution in [3.8, 4) is 18.1 Å². The second kappa shape index (κ2) is 13.2. The molecule has 49 heavy (non-hydrogen) atoms. The molecule has 262 valence electrons. The molecule has 8 nitrogen and oxygen atoms in total. The van der Waals surface area contributed by atoms with Crippen molar-refractivity contribution in [2.24, 2.45) is 17.3 Å². The SMILES string of the molecule is C#C[C@@]1(O)CC[C@H]2[C@@H]3CCc4cc(OC)c(N5CCN(C(=O)[C@@H]6CCCN6C(=O)c6ccc(N(CC)CC)cc6)CC5)cc4[C@H]3CC[C@@]21C. The molecule has 6 atom stereocenters. The predicted octanol–water partition coefficient (Wildman–Crippen LogP) is 5.72. The maximum Gasteiger partial charge on any atom is 0.254 e. The highest BCUT2D eigenvalue weighted by atomic mass is 16.5. The normalized spacial score (nSPS) is 30.7. The minimum atomic E-state index is -0.995. The number of ether oxygens (including phenoxy) is 1. The van der Waals surface area contributed by atoms with E-state index in [9.17, 15) is 14.7 Å². The van der Waals surface area contributed by atoms with Crippen molar-refractivity contribution in [2.45, 2.75) is 89.7 Å². The lowest BCUT2D eigenvalue weighted by Gasteiger charge is -2.52. The molecule has 2 saturated heterocycles. The number of likely N-dealkylation sites (tertiary alicyclic amines) is 1. The van der Waals surface area contributed by atoms with Gasteiger partial charge in [0.15, 0.2) is 0 Å². The summed E-state index contributed by atoms with van der Waals surface area (Å²) in [5, 5.41) is 11.4. The highest BCUT2D eigenvalue weighted by Gasteiger charge is 2.61. The summed E-state index contributed by atoms with van der Waals surface area (Å²) in [5.41, 5.74) is 4.48. The van der Waals surface area contributed by atoms with Gasteiger partial charge in [-0.05, 0) is 130 Å². The molecule has 2 aromatic rings. The van der Waals surface area contributed by atoms with E-state index in [1.807, 2.05) is 29.2 Å². The van der Waals surface area contributed by atoms with Crippen LogP contribution in [-0.4, -0.2) is 91.3 Å². The zero-order valence-electron chi connectivity index (χ0n) is 29.9. The Balaban J connectivity index is 1.03. The highest BCUT2D eigenvalue weighted by molar-refractivity contribution is 5.98. The lowest BCUT2D eigenvalue weighted by atomic mass is 9.53. The van der Waals surface area contributed by atoms with Gasteiger partial charge in [0.2, 0.25) is 5.91 Å². The van der Waals surface area contributed by atoms with Crippen LogP contribution in [0.4, 0.5) is 11.4 Å². The van der Waals surface area contributed by atoms with E-state index >= 15 is 0 Å². The van der Waals surface area contributed by atoms with Gasteiger partial charge < -0.3 is 29.4 Å². The standard InChI is InChI=1S/C41H54N4O4/c1-6-41(48)20-18-34-32-16-13-29-26-37(49-5)36(27-33(29)31(32)17-19-40(34,41)4)43-22-24-44(25-23-43)39(47)35-10-9-21-45(35)38(46)28-11-14-30(15-12-28)42(7-2)8-3/h1,11-12,14-15,26-27,31-32,34-35,48H,7-10,13,16-25H2,2-5H3/t31-,32+,34-,35-,40-,41+/m0/s1. The largest absolute Gasteiger partial charge is 0.495 e. The van der Waals surface area contributed by atoms with E-state index in [2.05, 4.69) is 48.6 Å². The summed E-state index contributed by atoms with van der Waals surface area (Å²) >= 11 is 0.